The largest absolute Gasteiger partial charge is 0.452 e. The predicted octanol–water partition coefficient (Wildman–Crippen LogP) is 1.90. The Hall–Kier alpha value is -2.06. The molecule has 0 radical (unpaired) electrons. The van der Waals surface area contributed by atoms with E-state index in [-0.39, 0.29) is 41.2 Å². The van der Waals surface area contributed by atoms with E-state index in [2.05, 4.69) is 22.2 Å². The van der Waals surface area contributed by atoms with Crippen molar-refractivity contribution in [1.29, 1.82) is 0 Å². The van der Waals surface area contributed by atoms with E-state index in [1.54, 1.807) is 0 Å². The van der Waals surface area contributed by atoms with Crippen LogP contribution in [0.15, 0.2) is 16.8 Å². The van der Waals surface area contributed by atoms with Crippen LogP contribution in [0.1, 0.15) is 51.9 Å². The molecule has 1 aliphatic heterocycles. The fourth-order valence-corrected chi connectivity index (χ4v) is 7.25. The first-order chi connectivity index (χ1) is 14.3. The number of nitrogens with zero attached hydrogens (tertiary/aromatic N) is 1. The molecule has 0 bridgehead atoms. The van der Waals surface area contributed by atoms with Crippen LogP contribution in [0.5, 0.6) is 0 Å². The number of methoxy groups -OCH3 is 1. The van der Waals surface area contributed by atoms with Gasteiger partial charge in [0.2, 0.25) is 0 Å². The lowest BCUT2D eigenvalue weighted by Crippen LogP contribution is -2.55. The maximum atomic E-state index is 13.5. The number of nitrogens with one attached hydrogen (secondary N) is 1. The average molecular weight is 416 g/mol. The number of Topliss-reactive ketones (excluding diaryl/α,β-unsaturated/α-hetero) is 2. The van der Waals surface area contributed by atoms with Gasteiger partial charge in [-0.3, -0.25) is 9.59 Å². The minimum Gasteiger partial charge on any atom is -0.452 e. The molecule has 1 saturated heterocycles. The van der Waals surface area contributed by atoms with Crippen LogP contribution < -0.4 is 5.43 Å². The summed E-state index contributed by atoms with van der Waals surface area (Å²) in [4.78, 5) is 37.2. The van der Waals surface area contributed by atoms with Crippen LogP contribution in [0, 0.1) is 23.2 Å². The van der Waals surface area contributed by atoms with Crippen molar-refractivity contribution in [3.63, 3.8) is 0 Å². The van der Waals surface area contributed by atoms with Crippen molar-refractivity contribution < 1.29 is 29.0 Å². The van der Waals surface area contributed by atoms with Crippen LogP contribution in [0.2, 0.25) is 0 Å². The highest BCUT2D eigenvalue weighted by Gasteiger charge is 2.83. The Morgan fingerprint density at radius 3 is 2.87 bits per heavy atom. The number of epoxide rings is 1. The highest BCUT2D eigenvalue weighted by Crippen LogP contribution is 2.72. The summed E-state index contributed by atoms with van der Waals surface area (Å²) in [6, 6.07) is 0. The molecule has 0 unspecified atom stereocenters. The molecule has 3 saturated carbocycles. The number of hydrogen-bond donors (Lipinski definition) is 2. The van der Waals surface area contributed by atoms with Gasteiger partial charge in [-0.2, -0.15) is 5.10 Å². The van der Waals surface area contributed by atoms with E-state index in [1.807, 2.05) is 6.08 Å². The second-order valence-corrected chi connectivity index (χ2v) is 9.66. The molecule has 162 valence electrons. The summed E-state index contributed by atoms with van der Waals surface area (Å²) in [7, 11) is 1.30. The van der Waals surface area contributed by atoms with Crippen molar-refractivity contribution in [3.8, 4) is 0 Å². The molecule has 2 N–H and O–H groups in total. The third-order valence-electron chi connectivity index (χ3n) is 8.61. The normalized spacial score (nSPS) is 44.9. The first kappa shape index (κ1) is 19.9. The van der Waals surface area contributed by atoms with Gasteiger partial charge in [-0.25, -0.2) is 10.2 Å². The molecule has 8 nitrogen and oxygen atoms in total. The summed E-state index contributed by atoms with van der Waals surface area (Å²) in [6.45, 7) is 1.66. The van der Waals surface area contributed by atoms with Crippen LogP contribution in [-0.2, 0) is 19.1 Å². The summed E-state index contributed by atoms with van der Waals surface area (Å²) in [5, 5.41) is 13.6. The quantitative estimate of drug-likeness (QED) is 0.536. The van der Waals surface area contributed by atoms with Gasteiger partial charge >= 0.3 is 6.09 Å². The third-order valence-corrected chi connectivity index (χ3v) is 8.61. The van der Waals surface area contributed by atoms with Crippen molar-refractivity contribution in [2.24, 2.45) is 28.3 Å². The number of aliphatic hydroxyl groups excluding tert-OH is 1. The molecule has 4 fully saturated rings. The first-order valence-electron chi connectivity index (χ1n) is 10.8. The Morgan fingerprint density at radius 2 is 2.13 bits per heavy atom. The minimum atomic E-state index is -0.921. The molecule has 0 aromatic heterocycles. The van der Waals surface area contributed by atoms with Crippen molar-refractivity contribution in [2.75, 3.05) is 13.7 Å². The van der Waals surface area contributed by atoms with Crippen LogP contribution in [0.3, 0.4) is 0 Å². The fraction of sp³-hybridized carbons (Fsp3) is 0.727. The number of ether oxygens (including phenoxy) is 2. The SMILES string of the molecule is COC(=O)NN=C1C=C2CC[C@@H]3[C@H](C(=O)C[C@]45O[C@]4(C(=O)CO)CC[C@@H]35)[C@@]2(C)CC1. The summed E-state index contributed by atoms with van der Waals surface area (Å²) in [5.74, 6) is 0.246. The van der Waals surface area contributed by atoms with Crippen molar-refractivity contribution in [3.05, 3.63) is 11.6 Å². The van der Waals surface area contributed by atoms with Gasteiger partial charge < -0.3 is 14.6 Å². The first-order valence-corrected chi connectivity index (χ1v) is 10.8. The Kier molecular flexibility index (Phi) is 4.29. The lowest BCUT2D eigenvalue weighted by molar-refractivity contribution is -0.140. The summed E-state index contributed by atoms with van der Waals surface area (Å²) in [6.07, 6.45) is 6.44. The Morgan fingerprint density at radius 1 is 1.33 bits per heavy atom. The van der Waals surface area contributed by atoms with E-state index in [0.717, 1.165) is 31.4 Å². The van der Waals surface area contributed by atoms with E-state index in [0.29, 0.717) is 12.8 Å². The summed E-state index contributed by atoms with van der Waals surface area (Å²) >= 11 is 0. The van der Waals surface area contributed by atoms with E-state index in [4.69, 9.17) is 4.74 Å². The van der Waals surface area contributed by atoms with Crippen LogP contribution in [0.25, 0.3) is 0 Å². The second-order valence-electron chi connectivity index (χ2n) is 9.66. The maximum Gasteiger partial charge on any atom is 0.427 e. The third kappa shape index (κ3) is 2.40. The highest BCUT2D eigenvalue weighted by atomic mass is 16.6. The number of hydrazone groups is 1. The van der Waals surface area contributed by atoms with Crippen LogP contribution in [0.4, 0.5) is 4.79 Å². The van der Waals surface area contributed by atoms with Gasteiger partial charge in [-0.05, 0) is 61.9 Å². The number of hydrogen-bond acceptors (Lipinski definition) is 7. The monoisotopic (exact) mass is 416 g/mol. The molecule has 5 aliphatic rings. The predicted molar refractivity (Wildman–Crippen MR) is 106 cm³/mol. The van der Waals surface area contributed by atoms with Crippen molar-refractivity contribution in [2.45, 2.75) is 63.1 Å². The standard InChI is InChI=1S/C22H28N2O6/c1-20-7-5-13(23-24-19(28)29-2)9-12(20)3-4-14-15-6-8-21(17(27)11-25)22(15,30-21)10-16(26)18(14)20/h9,14-15,18,25H,3-8,10-11H2,1-2H3,(H,24,28)/t14-,15-,18+,20-,21-,22+/m0/s1. The summed E-state index contributed by atoms with van der Waals surface area (Å²) < 4.78 is 10.6. The smallest absolute Gasteiger partial charge is 0.427 e. The molecule has 6 atom stereocenters. The topological polar surface area (TPSA) is 118 Å². The number of rotatable bonds is 3. The lowest BCUT2D eigenvalue weighted by Gasteiger charge is -2.54. The number of carbonyl (C=O) groups excluding carboxylic acids is 3. The molecular weight excluding hydrogens is 388 g/mol. The van der Waals surface area contributed by atoms with Gasteiger partial charge in [0.05, 0.1) is 12.8 Å². The van der Waals surface area contributed by atoms with E-state index >= 15 is 0 Å². The number of carbonyl (C=O) groups is 3. The molecule has 1 spiro atoms. The highest BCUT2D eigenvalue weighted by molar-refractivity contribution is 5.99. The van der Waals surface area contributed by atoms with Gasteiger partial charge in [-0.1, -0.05) is 12.5 Å². The van der Waals surface area contributed by atoms with E-state index < -0.39 is 23.9 Å². The van der Waals surface area contributed by atoms with Crippen molar-refractivity contribution in [1.82, 2.24) is 5.43 Å². The molecule has 30 heavy (non-hydrogen) atoms. The van der Waals surface area contributed by atoms with Crippen LogP contribution in [-0.4, -0.2) is 53.4 Å². The minimum absolute atomic E-state index is 0.0764. The molecule has 1 amide bonds. The number of allylic oxidation sites excluding steroid dienone is 2. The Balaban J connectivity index is 1.43. The van der Waals surface area contributed by atoms with E-state index in [1.165, 1.54) is 12.7 Å². The second kappa shape index (κ2) is 6.47. The zero-order chi connectivity index (χ0) is 21.3. The van der Waals surface area contributed by atoms with Gasteiger partial charge in [0.1, 0.15) is 18.0 Å². The van der Waals surface area contributed by atoms with Gasteiger partial charge in [0.25, 0.3) is 0 Å². The molecule has 0 aromatic rings. The average Bonchev–Trinajstić information content (AvgIpc) is 3.26. The lowest BCUT2D eigenvalue weighted by atomic mass is 9.49. The Bertz CT molecular complexity index is 896. The maximum absolute atomic E-state index is 13.5. The number of amides is 1. The Labute approximate surface area is 175 Å². The van der Waals surface area contributed by atoms with Gasteiger partial charge in [0.15, 0.2) is 11.4 Å². The van der Waals surface area contributed by atoms with Gasteiger partial charge in [0, 0.05) is 12.3 Å². The zero-order valence-electron chi connectivity index (χ0n) is 17.4. The number of ketones is 2. The molecule has 4 aliphatic carbocycles. The molecule has 1 heterocycles. The number of fused-ring (bicyclic) bond motifs is 4. The zero-order valence-corrected chi connectivity index (χ0v) is 17.4. The van der Waals surface area contributed by atoms with Crippen molar-refractivity contribution >= 4 is 23.4 Å². The van der Waals surface area contributed by atoms with Gasteiger partial charge in [-0.15, -0.1) is 0 Å². The van der Waals surface area contributed by atoms with Crippen LogP contribution >= 0.6 is 0 Å². The number of aliphatic hydroxyl groups is 1. The summed E-state index contributed by atoms with van der Waals surface area (Å²) in [5.41, 5.74) is 2.58. The van der Waals surface area contributed by atoms with E-state index in [9.17, 15) is 19.5 Å². The molecule has 8 heteroatoms. The molecule has 5 rings (SSSR count). The molecule has 0 aromatic carbocycles. The molecular formula is C22H28N2O6. The fourth-order valence-electron chi connectivity index (χ4n) is 7.25.